The van der Waals surface area contributed by atoms with Crippen molar-refractivity contribution in [2.75, 3.05) is 13.2 Å². The number of ether oxygens (including phenoxy) is 1. The van der Waals surface area contributed by atoms with Gasteiger partial charge in [0.2, 0.25) is 10.0 Å². The maximum absolute atomic E-state index is 14.3. The van der Waals surface area contributed by atoms with Gasteiger partial charge in [-0.15, -0.1) is 0 Å². The van der Waals surface area contributed by atoms with Crippen LogP contribution >= 0.6 is 0 Å². The molecule has 8 heteroatoms. The highest BCUT2D eigenvalue weighted by molar-refractivity contribution is 7.89. The third-order valence-electron chi connectivity index (χ3n) is 5.13. The van der Waals surface area contributed by atoms with Gasteiger partial charge in [0, 0.05) is 32.3 Å². The number of aromatic nitrogens is 2. The molecule has 6 nitrogen and oxygen atoms in total. The van der Waals surface area contributed by atoms with E-state index >= 15 is 0 Å². The van der Waals surface area contributed by atoms with Gasteiger partial charge in [-0.1, -0.05) is 24.3 Å². The summed E-state index contributed by atoms with van der Waals surface area (Å²) in [7, 11) is -2.05. The Hall–Kier alpha value is -2.71. The predicted molar refractivity (Wildman–Crippen MR) is 107 cm³/mol. The largest absolute Gasteiger partial charge is 0.491 e. The summed E-state index contributed by atoms with van der Waals surface area (Å²) >= 11 is 0. The minimum Gasteiger partial charge on any atom is -0.491 e. The third kappa shape index (κ3) is 3.65. The number of benzene rings is 2. The van der Waals surface area contributed by atoms with Crippen molar-refractivity contribution in [3.05, 3.63) is 77.4 Å². The smallest absolute Gasteiger partial charge is 0.243 e. The van der Waals surface area contributed by atoms with Crippen LogP contribution in [0, 0.1) is 5.82 Å². The van der Waals surface area contributed by atoms with E-state index in [-0.39, 0.29) is 29.7 Å². The van der Waals surface area contributed by atoms with Crippen LogP contribution in [0.2, 0.25) is 0 Å². The van der Waals surface area contributed by atoms with Crippen LogP contribution in [-0.4, -0.2) is 35.7 Å². The Morgan fingerprint density at radius 1 is 1.24 bits per heavy atom. The Morgan fingerprint density at radius 3 is 2.72 bits per heavy atom. The van der Waals surface area contributed by atoms with Crippen molar-refractivity contribution in [1.82, 2.24) is 14.1 Å². The number of hydrogen-bond acceptors (Lipinski definition) is 4. The van der Waals surface area contributed by atoms with E-state index in [9.17, 15) is 12.8 Å². The molecule has 1 atom stereocenters. The van der Waals surface area contributed by atoms with Gasteiger partial charge in [0.05, 0.1) is 17.7 Å². The Kier molecular flexibility index (Phi) is 5.14. The Labute approximate surface area is 169 Å². The van der Waals surface area contributed by atoms with Crippen LogP contribution in [0.5, 0.6) is 5.75 Å². The number of hydrogen-bond donors (Lipinski definition) is 0. The summed E-state index contributed by atoms with van der Waals surface area (Å²) in [5, 5.41) is 4.23. The summed E-state index contributed by atoms with van der Waals surface area (Å²) in [5.74, 6) is -0.784. The molecule has 2 heterocycles. The molecule has 1 aliphatic heterocycles. The molecule has 29 heavy (non-hydrogen) atoms. The first-order chi connectivity index (χ1) is 13.9. The monoisotopic (exact) mass is 415 g/mol. The van der Waals surface area contributed by atoms with Crippen LogP contribution in [-0.2, 0) is 23.6 Å². The minimum atomic E-state index is -3.88. The fourth-order valence-electron chi connectivity index (χ4n) is 3.73. The summed E-state index contributed by atoms with van der Waals surface area (Å²) in [4.78, 5) is -0.0808. The normalized spacial score (nSPS) is 17.1. The van der Waals surface area contributed by atoms with Gasteiger partial charge in [0.15, 0.2) is 11.6 Å². The molecule has 4 rings (SSSR count). The first-order valence-electron chi connectivity index (χ1n) is 9.39. The molecule has 0 unspecified atom stereocenters. The average Bonchev–Trinajstić information content (AvgIpc) is 3.15. The van der Waals surface area contributed by atoms with E-state index in [2.05, 4.69) is 5.10 Å². The SMILES string of the molecule is CCOc1ccc(S(=O)(=O)N2Cc3ccccc3[C@H](c3cnn(C)c3)C2)cc1F. The number of rotatable bonds is 5. The lowest BCUT2D eigenvalue weighted by molar-refractivity contribution is 0.320. The molecule has 0 spiro atoms. The predicted octanol–water partition coefficient (Wildman–Crippen LogP) is 3.29. The number of halogens is 1. The number of aryl methyl sites for hydroxylation is 1. The lowest BCUT2D eigenvalue weighted by Crippen LogP contribution is -2.38. The number of fused-ring (bicyclic) bond motifs is 1. The molecular weight excluding hydrogens is 393 g/mol. The van der Waals surface area contributed by atoms with E-state index in [0.29, 0.717) is 6.61 Å². The highest BCUT2D eigenvalue weighted by Gasteiger charge is 2.34. The molecule has 0 bridgehead atoms. The lowest BCUT2D eigenvalue weighted by Gasteiger charge is -2.33. The van der Waals surface area contributed by atoms with Crippen molar-refractivity contribution >= 4 is 10.0 Å². The zero-order valence-electron chi connectivity index (χ0n) is 16.2. The van der Waals surface area contributed by atoms with E-state index in [1.807, 2.05) is 37.5 Å². The topological polar surface area (TPSA) is 64.4 Å². The highest BCUT2D eigenvalue weighted by atomic mass is 32.2. The van der Waals surface area contributed by atoms with Crippen molar-refractivity contribution in [3.63, 3.8) is 0 Å². The second-order valence-corrected chi connectivity index (χ2v) is 8.96. The van der Waals surface area contributed by atoms with Crippen molar-refractivity contribution in [1.29, 1.82) is 0 Å². The van der Waals surface area contributed by atoms with Crippen molar-refractivity contribution in [2.24, 2.45) is 7.05 Å². The molecule has 0 radical (unpaired) electrons. The zero-order valence-corrected chi connectivity index (χ0v) is 17.1. The van der Waals surface area contributed by atoms with Crippen molar-refractivity contribution in [2.45, 2.75) is 24.3 Å². The Bertz CT molecular complexity index is 1140. The molecule has 3 aromatic rings. The van der Waals surface area contributed by atoms with Crippen LogP contribution in [0.1, 0.15) is 29.5 Å². The minimum absolute atomic E-state index is 0.0451. The summed E-state index contributed by atoms with van der Waals surface area (Å²) in [6, 6.07) is 11.6. The maximum atomic E-state index is 14.3. The summed E-state index contributed by atoms with van der Waals surface area (Å²) in [6.07, 6.45) is 3.65. The number of sulfonamides is 1. The molecule has 0 saturated heterocycles. The van der Waals surface area contributed by atoms with Gasteiger partial charge in [-0.05, 0) is 41.8 Å². The van der Waals surface area contributed by atoms with Gasteiger partial charge in [-0.2, -0.15) is 9.40 Å². The van der Waals surface area contributed by atoms with Crippen LogP contribution in [0.25, 0.3) is 0 Å². The second kappa shape index (κ2) is 7.61. The van der Waals surface area contributed by atoms with Gasteiger partial charge in [0.1, 0.15) is 0 Å². The molecule has 0 saturated carbocycles. The van der Waals surface area contributed by atoms with E-state index in [1.54, 1.807) is 17.8 Å². The first-order valence-corrected chi connectivity index (χ1v) is 10.8. The Balaban J connectivity index is 1.72. The van der Waals surface area contributed by atoms with Gasteiger partial charge in [-0.3, -0.25) is 4.68 Å². The third-order valence-corrected chi connectivity index (χ3v) is 6.94. The molecule has 0 N–H and O–H groups in total. The van der Waals surface area contributed by atoms with Gasteiger partial charge >= 0.3 is 0 Å². The molecular formula is C21H22FN3O3S. The fourth-order valence-corrected chi connectivity index (χ4v) is 5.17. The number of nitrogens with zero attached hydrogens (tertiary/aromatic N) is 3. The first kappa shape index (κ1) is 19.6. The summed E-state index contributed by atoms with van der Waals surface area (Å²) in [5.41, 5.74) is 2.96. The van der Waals surface area contributed by atoms with Crippen LogP contribution in [0.3, 0.4) is 0 Å². The van der Waals surface area contributed by atoms with Crippen LogP contribution < -0.4 is 4.74 Å². The molecule has 0 aliphatic carbocycles. The molecule has 152 valence electrons. The van der Waals surface area contributed by atoms with E-state index in [0.717, 1.165) is 22.8 Å². The molecule has 1 aliphatic rings. The summed E-state index contributed by atoms with van der Waals surface area (Å²) < 4.78 is 49.2. The van der Waals surface area contributed by atoms with Crippen molar-refractivity contribution in [3.8, 4) is 5.75 Å². The Morgan fingerprint density at radius 2 is 2.03 bits per heavy atom. The molecule has 2 aromatic carbocycles. The average molecular weight is 415 g/mol. The quantitative estimate of drug-likeness (QED) is 0.642. The fraction of sp³-hybridized carbons (Fsp3) is 0.286. The van der Waals surface area contributed by atoms with Gasteiger partial charge < -0.3 is 4.74 Å². The van der Waals surface area contributed by atoms with Gasteiger partial charge in [-0.25, -0.2) is 12.8 Å². The van der Waals surface area contributed by atoms with Gasteiger partial charge in [0.25, 0.3) is 0 Å². The van der Waals surface area contributed by atoms with E-state index in [1.165, 1.54) is 16.4 Å². The summed E-state index contributed by atoms with van der Waals surface area (Å²) in [6.45, 7) is 2.55. The van der Waals surface area contributed by atoms with Crippen LogP contribution in [0.4, 0.5) is 4.39 Å². The molecule has 0 amide bonds. The molecule has 1 aromatic heterocycles. The zero-order chi connectivity index (χ0) is 20.6. The van der Waals surface area contributed by atoms with Crippen molar-refractivity contribution < 1.29 is 17.5 Å². The lowest BCUT2D eigenvalue weighted by atomic mass is 9.87. The van der Waals surface area contributed by atoms with E-state index in [4.69, 9.17) is 4.74 Å². The van der Waals surface area contributed by atoms with Crippen LogP contribution in [0.15, 0.2) is 59.8 Å². The van der Waals surface area contributed by atoms with E-state index < -0.39 is 15.8 Å². The second-order valence-electron chi connectivity index (χ2n) is 7.02. The standard InChI is InChI=1S/C21H22FN3O3S/c1-3-28-21-9-8-17(10-20(21)22)29(26,27)25-13-15-6-4-5-7-18(15)19(14-25)16-11-23-24(2)12-16/h4-12,19H,3,13-14H2,1-2H3/t19-/m0/s1. The maximum Gasteiger partial charge on any atom is 0.243 e. The highest BCUT2D eigenvalue weighted by Crippen LogP contribution is 2.36. The molecule has 0 fully saturated rings.